The van der Waals surface area contributed by atoms with Crippen molar-refractivity contribution in [2.45, 2.75) is 63.4 Å². The highest BCUT2D eigenvalue weighted by Crippen LogP contribution is 2.63. The van der Waals surface area contributed by atoms with Gasteiger partial charge in [-0.1, -0.05) is 13.3 Å². The second-order valence-corrected chi connectivity index (χ2v) is 7.38. The maximum atomic E-state index is 6.49. The highest BCUT2D eigenvalue weighted by atomic mass is 16.8. The summed E-state index contributed by atoms with van der Waals surface area (Å²) in [4.78, 5) is 12.7. The van der Waals surface area contributed by atoms with Crippen molar-refractivity contribution in [1.29, 1.82) is 0 Å². The molecule has 0 bridgehead atoms. The number of nitrogens with two attached hydrogens (primary N) is 1. The smallest absolute Gasteiger partial charge is 0.167 e. The molecule has 1 aliphatic carbocycles. The molecule has 8 heteroatoms. The van der Waals surface area contributed by atoms with E-state index in [0.717, 1.165) is 12.8 Å². The molecule has 1 spiro atoms. The minimum Gasteiger partial charge on any atom is -0.382 e. The van der Waals surface area contributed by atoms with Gasteiger partial charge in [0.25, 0.3) is 0 Å². The third kappa shape index (κ3) is 1.76. The molecule has 1 unspecified atom stereocenters. The summed E-state index contributed by atoms with van der Waals surface area (Å²) in [7, 11) is 0. The Morgan fingerprint density at radius 2 is 2.08 bits per heavy atom. The van der Waals surface area contributed by atoms with E-state index < -0.39 is 5.79 Å². The molecule has 24 heavy (non-hydrogen) atoms. The lowest BCUT2D eigenvalue weighted by Gasteiger charge is -2.25. The molecule has 3 aliphatic rings. The van der Waals surface area contributed by atoms with Crippen molar-refractivity contribution >= 4 is 17.0 Å². The van der Waals surface area contributed by atoms with Gasteiger partial charge in [0, 0.05) is 0 Å². The number of hydrogen-bond donors (Lipinski definition) is 1. The number of nitrogens with zero attached hydrogens (tertiary/aromatic N) is 4. The Morgan fingerprint density at radius 3 is 2.83 bits per heavy atom. The summed E-state index contributed by atoms with van der Waals surface area (Å²) in [5.41, 5.74) is 6.89. The topological polar surface area (TPSA) is 97.3 Å². The van der Waals surface area contributed by atoms with E-state index in [-0.39, 0.29) is 24.0 Å². The standard InChI is InChI=1S/C16H21N5O3/c1-4-8-5-16(8)11-10(22-15(2,3)23-11)14(24-16)21-7-20-9-12(17)18-6-19-13(9)21/h6-8,10-11,14H,4-5H2,1-3H3,(H2,17,18,19)/t8-,10?,11-,14-,16-/m1/s1. The fraction of sp³-hybridized carbons (Fsp3) is 0.688. The van der Waals surface area contributed by atoms with Gasteiger partial charge in [-0.3, -0.25) is 4.57 Å². The van der Waals surface area contributed by atoms with Crippen LogP contribution in [0.5, 0.6) is 0 Å². The summed E-state index contributed by atoms with van der Waals surface area (Å²) in [6.45, 7) is 6.09. The van der Waals surface area contributed by atoms with Crippen LogP contribution in [-0.4, -0.2) is 43.1 Å². The summed E-state index contributed by atoms with van der Waals surface area (Å²) in [5.74, 6) is 0.252. The predicted molar refractivity (Wildman–Crippen MR) is 84.8 cm³/mol. The van der Waals surface area contributed by atoms with Crippen LogP contribution >= 0.6 is 0 Å². The van der Waals surface area contributed by atoms with E-state index in [0.29, 0.717) is 22.9 Å². The van der Waals surface area contributed by atoms with E-state index in [2.05, 4.69) is 21.9 Å². The van der Waals surface area contributed by atoms with Crippen LogP contribution in [0.3, 0.4) is 0 Å². The van der Waals surface area contributed by atoms with Gasteiger partial charge in [-0.05, 0) is 26.2 Å². The zero-order chi connectivity index (χ0) is 16.7. The van der Waals surface area contributed by atoms with Crippen LogP contribution in [0.2, 0.25) is 0 Å². The number of anilines is 1. The zero-order valence-electron chi connectivity index (χ0n) is 14.0. The molecular formula is C16H21N5O3. The van der Waals surface area contributed by atoms with Crippen molar-refractivity contribution in [2.75, 3.05) is 5.73 Å². The van der Waals surface area contributed by atoms with Crippen molar-refractivity contribution in [1.82, 2.24) is 19.5 Å². The van der Waals surface area contributed by atoms with Gasteiger partial charge in [0.1, 0.15) is 29.7 Å². The predicted octanol–water partition coefficient (Wildman–Crippen LogP) is 1.63. The molecule has 2 aromatic rings. The van der Waals surface area contributed by atoms with E-state index in [1.54, 1.807) is 6.33 Å². The van der Waals surface area contributed by atoms with Crippen LogP contribution in [0.1, 0.15) is 39.8 Å². The Morgan fingerprint density at radius 1 is 1.25 bits per heavy atom. The lowest BCUT2D eigenvalue weighted by Crippen LogP contribution is -2.32. The third-order valence-corrected chi connectivity index (χ3v) is 5.48. The van der Waals surface area contributed by atoms with Crippen LogP contribution in [-0.2, 0) is 14.2 Å². The number of imidazole rings is 1. The number of ether oxygens (including phenoxy) is 3. The number of aromatic nitrogens is 4. The third-order valence-electron chi connectivity index (χ3n) is 5.48. The van der Waals surface area contributed by atoms with Crippen molar-refractivity contribution in [3.05, 3.63) is 12.7 Å². The van der Waals surface area contributed by atoms with Gasteiger partial charge in [-0.15, -0.1) is 0 Å². The molecule has 128 valence electrons. The molecule has 2 aromatic heterocycles. The van der Waals surface area contributed by atoms with Crippen LogP contribution in [0.25, 0.3) is 11.2 Å². The van der Waals surface area contributed by atoms with Crippen molar-refractivity contribution in [3.8, 4) is 0 Å². The van der Waals surface area contributed by atoms with Gasteiger partial charge in [-0.25, -0.2) is 15.0 Å². The first kappa shape index (κ1) is 14.6. The minimum absolute atomic E-state index is 0.0703. The normalized spacial score (nSPS) is 39.6. The fourth-order valence-electron chi connectivity index (χ4n) is 4.31. The highest BCUT2D eigenvalue weighted by Gasteiger charge is 2.73. The molecule has 0 aromatic carbocycles. The molecule has 5 rings (SSSR count). The molecule has 1 saturated carbocycles. The quantitative estimate of drug-likeness (QED) is 0.893. The minimum atomic E-state index is -0.615. The molecule has 8 nitrogen and oxygen atoms in total. The van der Waals surface area contributed by atoms with Crippen LogP contribution in [0.4, 0.5) is 5.82 Å². The SMILES string of the molecule is CC[C@@H]1C[C@@]12O[C@@H](n1cnc3c(N)ncnc31)C1OC(C)(C)O[C@H]12. The Bertz CT molecular complexity index is 821. The second kappa shape index (κ2) is 4.44. The maximum Gasteiger partial charge on any atom is 0.167 e. The first-order valence-electron chi connectivity index (χ1n) is 8.41. The van der Waals surface area contributed by atoms with Gasteiger partial charge in [0.15, 0.2) is 23.5 Å². The number of fused-ring (bicyclic) bond motifs is 3. The molecule has 0 radical (unpaired) electrons. The highest BCUT2D eigenvalue weighted by molar-refractivity contribution is 5.81. The number of rotatable bonds is 2. The molecule has 4 heterocycles. The molecule has 5 atom stereocenters. The van der Waals surface area contributed by atoms with Crippen LogP contribution in [0, 0.1) is 5.92 Å². The van der Waals surface area contributed by atoms with Gasteiger partial charge in [0.2, 0.25) is 0 Å². The maximum absolute atomic E-state index is 6.49. The van der Waals surface area contributed by atoms with Crippen LogP contribution in [0.15, 0.2) is 12.7 Å². The Balaban J connectivity index is 1.59. The van der Waals surface area contributed by atoms with Gasteiger partial charge in [0.05, 0.1) is 6.33 Å². The van der Waals surface area contributed by atoms with Gasteiger partial charge >= 0.3 is 0 Å². The molecule has 3 fully saturated rings. The fourth-order valence-corrected chi connectivity index (χ4v) is 4.31. The molecule has 2 aliphatic heterocycles. The Hall–Kier alpha value is -1.77. The number of nitrogen functional groups attached to an aromatic ring is 1. The van der Waals surface area contributed by atoms with E-state index in [9.17, 15) is 0 Å². The Labute approximate surface area is 139 Å². The summed E-state index contributed by atoms with van der Waals surface area (Å²) in [6, 6.07) is 0. The van der Waals surface area contributed by atoms with Gasteiger partial charge < -0.3 is 19.9 Å². The first-order chi connectivity index (χ1) is 11.5. The summed E-state index contributed by atoms with van der Waals surface area (Å²) in [6.07, 6.45) is 4.63. The summed E-state index contributed by atoms with van der Waals surface area (Å²) in [5, 5.41) is 0. The molecule has 2 N–H and O–H groups in total. The second-order valence-electron chi connectivity index (χ2n) is 7.38. The molecular weight excluding hydrogens is 310 g/mol. The van der Waals surface area contributed by atoms with Crippen LogP contribution < -0.4 is 5.73 Å². The molecule has 2 saturated heterocycles. The first-order valence-corrected chi connectivity index (χ1v) is 8.41. The summed E-state index contributed by atoms with van der Waals surface area (Å²) < 4.78 is 20.8. The lowest BCUT2D eigenvalue weighted by atomic mass is 10.1. The average molecular weight is 331 g/mol. The monoisotopic (exact) mass is 331 g/mol. The van der Waals surface area contributed by atoms with E-state index >= 15 is 0 Å². The lowest BCUT2D eigenvalue weighted by molar-refractivity contribution is -0.203. The number of hydrogen-bond acceptors (Lipinski definition) is 7. The van der Waals surface area contributed by atoms with Crippen molar-refractivity contribution < 1.29 is 14.2 Å². The van der Waals surface area contributed by atoms with Crippen molar-refractivity contribution in [3.63, 3.8) is 0 Å². The van der Waals surface area contributed by atoms with Gasteiger partial charge in [-0.2, -0.15) is 0 Å². The van der Waals surface area contributed by atoms with E-state index in [1.165, 1.54) is 6.33 Å². The zero-order valence-corrected chi connectivity index (χ0v) is 14.0. The van der Waals surface area contributed by atoms with Crippen molar-refractivity contribution in [2.24, 2.45) is 5.92 Å². The summed E-state index contributed by atoms with van der Waals surface area (Å²) >= 11 is 0. The Kier molecular flexibility index (Phi) is 2.69. The largest absolute Gasteiger partial charge is 0.382 e. The van der Waals surface area contributed by atoms with E-state index in [4.69, 9.17) is 19.9 Å². The average Bonchev–Trinajstić information content (AvgIpc) is 2.78. The molecule has 0 amide bonds. The van der Waals surface area contributed by atoms with E-state index in [1.807, 2.05) is 18.4 Å².